The van der Waals surface area contributed by atoms with Crippen molar-refractivity contribution in [1.82, 2.24) is 15.0 Å². The molecule has 0 unspecified atom stereocenters. The molecule has 4 heterocycles. The predicted molar refractivity (Wildman–Crippen MR) is 81.9 cm³/mol. The Morgan fingerprint density at radius 1 is 1.20 bits per heavy atom. The molecular formula is C13H16N3O8P. The molecule has 11 nitrogen and oxygen atoms in total. The van der Waals surface area contributed by atoms with E-state index in [1.807, 2.05) is 0 Å². The second-order valence-electron chi connectivity index (χ2n) is 5.96. The van der Waals surface area contributed by atoms with Crippen LogP contribution >= 0.6 is 7.60 Å². The van der Waals surface area contributed by atoms with E-state index in [4.69, 9.17) is 24.0 Å². The van der Waals surface area contributed by atoms with Crippen LogP contribution in [0.4, 0.5) is 0 Å². The predicted octanol–water partition coefficient (Wildman–Crippen LogP) is -1.03. The molecule has 136 valence electrons. The van der Waals surface area contributed by atoms with Crippen molar-refractivity contribution in [2.45, 2.75) is 30.7 Å². The van der Waals surface area contributed by atoms with Gasteiger partial charge in [0, 0.05) is 11.8 Å². The normalized spacial score (nSPS) is 32.4. The molecule has 0 aliphatic carbocycles. The number of nitrogens with one attached hydrogen (secondary N) is 2. The monoisotopic (exact) mass is 373 g/mol. The van der Waals surface area contributed by atoms with E-state index in [0.29, 0.717) is 11.1 Å². The minimum Gasteiger partial charge on any atom is -0.394 e. The van der Waals surface area contributed by atoms with Gasteiger partial charge in [0.05, 0.1) is 12.9 Å². The van der Waals surface area contributed by atoms with Crippen LogP contribution in [0.2, 0.25) is 0 Å². The van der Waals surface area contributed by atoms with Crippen molar-refractivity contribution >= 4 is 18.6 Å². The highest BCUT2D eigenvalue weighted by Crippen LogP contribution is 2.46. The molecule has 0 radical (unpaired) electrons. The van der Waals surface area contributed by atoms with Gasteiger partial charge in [-0.25, -0.2) is 4.98 Å². The highest BCUT2D eigenvalue weighted by molar-refractivity contribution is 7.51. The van der Waals surface area contributed by atoms with E-state index in [2.05, 4.69) is 15.0 Å². The largest absolute Gasteiger partial charge is 0.394 e. The average molecular weight is 373 g/mol. The van der Waals surface area contributed by atoms with Crippen molar-refractivity contribution in [3.63, 3.8) is 0 Å². The summed E-state index contributed by atoms with van der Waals surface area (Å²) in [4.78, 5) is 39.4. The van der Waals surface area contributed by atoms with Gasteiger partial charge < -0.3 is 39.1 Å². The topological polar surface area (TPSA) is 167 Å². The number of hydrogen-bond acceptors (Lipinski definition) is 7. The molecule has 0 aromatic carbocycles. The van der Waals surface area contributed by atoms with Gasteiger partial charge in [-0.1, -0.05) is 0 Å². The molecular weight excluding hydrogens is 357 g/mol. The second-order valence-corrected chi connectivity index (χ2v) is 7.65. The van der Waals surface area contributed by atoms with E-state index >= 15 is 0 Å². The van der Waals surface area contributed by atoms with E-state index in [1.165, 1.54) is 6.33 Å². The SMILES string of the molecule is O=c1[nH]cnc2c([C@@H]3O[C@H](CO)[C@H]4O[C@@H](CP(=O)(O)O)O[C@H]43)c[nH]c12. The van der Waals surface area contributed by atoms with Crippen LogP contribution in [0, 0.1) is 0 Å². The fraction of sp³-hybridized carbons (Fsp3) is 0.538. The number of ether oxygens (including phenoxy) is 3. The van der Waals surface area contributed by atoms with Crippen LogP contribution in [0.5, 0.6) is 0 Å². The molecule has 2 aliphatic heterocycles. The first kappa shape index (κ1) is 16.9. The quantitative estimate of drug-likeness (QED) is 0.421. The van der Waals surface area contributed by atoms with Crippen molar-refractivity contribution < 1.29 is 33.7 Å². The molecule has 25 heavy (non-hydrogen) atoms. The molecule has 5 N–H and O–H groups in total. The zero-order chi connectivity index (χ0) is 17.8. The summed E-state index contributed by atoms with van der Waals surface area (Å²) in [6, 6.07) is 0. The zero-order valence-electron chi connectivity index (χ0n) is 12.7. The van der Waals surface area contributed by atoms with Gasteiger partial charge in [0.1, 0.15) is 41.6 Å². The minimum absolute atomic E-state index is 0.274. The summed E-state index contributed by atoms with van der Waals surface area (Å²) in [5.74, 6) is 0. The standard InChI is InChI=1S/C13H16N3O8P/c17-2-6-11-12(24-7(23-11)3-25(19,20)21)10(22-6)5-1-14-9-8(5)15-4-16-13(9)18/h1,4,6-7,10-12,14,17H,2-3H2,(H,15,16,18)(H2,19,20,21)/t6-,7-,10+,11-,12+/m1/s1. The Hall–Kier alpha value is -1.59. The number of aliphatic hydroxyl groups excluding tert-OH is 1. The van der Waals surface area contributed by atoms with Gasteiger partial charge in [0.2, 0.25) is 0 Å². The van der Waals surface area contributed by atoms with E-state index in [9.17, 15) is 14.5 Å². The van der Waals surface area contributed by atoms with E-state index < -0.39 is 44.5 Å². The maximum atomic E-state index is 11.8. The summed E-state index contributed by atoms with van der Waals surface area (Å²) in [6.45, 7) is -0.347. The molecule has 2 aliphatic rings. The summed E-state index contributed by atoms with van der Waals surface area (Å²) in [5, 5.41) is 9.51. The van der Waals surface area contributed by atoms with Gasteiger partial charge in [0.25, 0.3) is 5.56 Å². The van der Waals surface area contributed by atoms with Crippen LogP contribution in [0.1, 0.15) is 11.7 Å². The van der Waals surface area contributed by atoms with Crippen molar-refractivity contribution in [3.8, 4) is 0 Å². The number of hydrogen-bond donors (Lipinski definition) is 5. The van der Waals surface area contributed by atoms with Gasteiger partial charge in [-0.15, -0.1) is 0 Å². The minimum atomic E-state index is -4.33. The Kier molecular flexibility index (Phi) is 4.04. The molecule has 2 fully saturated rings. The van der Waals surface area contributed by atoms with Gasteiger partial charge in [-0.3, -0.25) is 9.36 Å². The fourth-order valence-electron chi connectivity index (χ4n) is 3.29. The van der Waals surface area contributed by atoms with Gasteiger partial charge in [-0.05, 0) is 0 Å². The lowest BCUT2D eigenvalue weighted by Gasteiger charge is -2.19. The number of aromatic nitrogens is 3. The van der Waals surface area contributed by atoms with Crippen molar-refractivity contribution in [2.75, 3.05) is 12.8 Å². The molecule has 0 bridgehead atoms. The van der Waals surface area contributed by atoms with Crippen LogP contribution < -0.4 is 5.56 Å². The number of fused-ring (bicyclic) bond motifs is 2. The Morgan fingerprint density at radius 2 is 1.96 bits per heavy atom. The number of aliphatic hydroxyl groups is 1. The third-order valence-corrected chi connectivity index (χ3v) is 5.07. The number of aromatic amines is 2. The molecule has 2 aromatic rings. The van der Waals surface area contributed by atoms with E-state index in [1.54, 1.807) is 6.20 Å². The first-order valence-corrected chi connectivity index (χ1v) is 9.33. The summed E-state index contributed by atoms with van der Waals surface area (Å²) in [6.07, 6.45) is -1.65. The van der Waals surface area contributed by atoms with Gasteiger partial charge in [0.15, 0.2) is 6.29 Å². The van der Waals surface area contributed by atoms with Crippen molar-refractivity contribution in [3.05, 3.63) is 28.4 Å². The molecule has 12 heteroatoms. The first-order valence-electron chi connectivity index (χ1n) is 7.54. The maximum absolute atomic E-state index is 11.8. The molecule has 4 rings (SSSR count). The number of rotatable bonds is 4. The van der Waals surface area contributed by atoms with Crippen LogP contribution in [0.3, 0.4) is 0 Å². The smallest absolute Gasteiger partial charge is 0.330 e. The Balaban J connectivity index is 1.67. The Morgan fingerprint density at radius 3 is 2.68 bits per heavy atom. The molecule has 0 spiro atoms. The Labute approximate surface area is 140 Å². The number of H-pyrrole nitrogens is 2. The van der Waals surface area contributed by atoms with Crippen molar-refractivity contribution in [2.24, 2.45) is 0 Å². The maximum Gasteiger partial charge on any atom is 0.330 e. The van der Waals surface area contributed by atoms with Crippen molar-refractivity contribution in [1.29, 1.82) is 0 Å². The highest BCUT2D eigenvalue weighted by atomic mass is 31.2. The summed E-state index contributed by atoms with van der Waals surface area (Å²) >= 11 is 0. The van der Waals surface area contributed by atoms with Gasteiger partial charge >= 0.3 is 7.60 Å². The molecule has 2 saturated heterocycles. The third kappa shape index (κ3) is 2.93. The Bertz CT molecular complexity index is 891. The lowest BCUT2D eigenvalue weighted by Crippen LogP contribution is -2.30. The van der Waals surface area contributed by atoms with E-state index in [-0.39, 0.29) is 17.7 Å². The lowest BCUT2D eigenvalue weighted by atomic mass is 10.0. The molecule has 0 amide bonds. The summed E-state index contributed by atoms with van der Waals surface area (Å²) in [5.41, 5.74) is 0.879. The third-order valence-electron chi connectivity index (χ3n) is 4.30. The second kappa shape index (κ2) is 5.99. The first-order chi connectivity index (χ1) is 11.9. The lowest BCUT2D eigenvalue weighted by molar-refractivity contribution is -0.128. The summed E-state index contributed by atoms with van der Waals surface area (Å²) < 4.78 is 28.1. The van der Waals surface area contributed by atoms with Crippen LogP contribution in [0.25, 0.3) is 11.0 Å². The average Bonchev–Trinajstić information content (AvgIpc) is 3.19. The molecule has 0 saturated carbocycles. The fourth-order valence-corrected chi connectivity index (χ4v) is 3.85. The van der Waals surface area contributed by atoms with Crippen LogP contribution in [-0.2, 0) is 18.8 Å². The number of nitrogens with zero attached hydrogens (tertiary/aromatic N) is 1. The van der Waals surface area contributed by atoms with E-state index in [0.717, 1.165) is 0 Å². The zero-order valence-corrected chi connectivity index (χ0v) is 13.6. The highest BCUT2D eigenvalue weighted by Gasteiger charge is 2.54. The van der Waals surface area contributed by atoms with Crippen LogP contribution in [0.15, 0.2) is 17.3 Å². The van der Waals surface area contributed by atoms with Gasteiger partial charge in [-0.2, -0.15) is 0 Å². The van der Waals surface area contributed by atoms with Crippen LogP contribution in [-0.4, -0.2) is 67.2 Å². The molecule has 5 atom stereocenters. The molecule has 2 aromatic heterocycles. The summed E-state index contributed by atoms with van der Waals surface area (Å²) in [7, 11) is -4.33.